The Bertz CT molecular complexity index is 425. The van der Waals surface area contributed by atoms with Crippen LogP contribution in [0.15, 0.2) is 6.33 Å². The van der Waals surface area contributed by atoms with E-state index in [2.05, 4.69) is 15.3 Å². The van der Waals surface area contributed by atoms with Crippen molar-refractivity contribution in [1.29, 1.82) is 0 Å². The van der Waals surface area contributed by atoms with E-state index in [1.165, 1.54) is 0 Å². The maximum absolute atomic E-state index is 11.1. The number of aromatic nitrogens is 2. The van der Waals surface area contributed by atoms with Crippen LogP contribution in [0.25, 0.3) is 0 Å². The summed E-state index contributed by atoms with van der Waals surface area (Å²) in [6, 6.07) is -0.540. The molecular formula is C11H15N3O3. The molecule has 6 nitrogen and oxygen atoms in total. The van der Waals surface area contributed by atoms with Gasteiger partial charge in [0.1, 0.15) is 6.04 Å². The van der Waals surface area contributed by atoms with Crippen LogP contribution in [0.2, 0.25) is 0 Å². The molecular weight excluding hydrogens is 222 g/mol. The highest BCUT2D eigenvalue weighted by Gasteiger charge is 2.37. The Balaban J connectivity index is 1.89. The number of rotatable bonds is 2. The molecule has 2 unspecified atom stereocenters. The Morgan fingerprint density at radius 1 is 1.59 bits per heavy atom. The van der Waals surface area contributed by atoms with Crippen LogP contribution in [0.1, 0.15) is 23.9 Å². The Labute approximate surface area is 98.4 Å². The van der Waals surface area contributed by atoms with Crippen molar-refractivity contribution in [2.75, 3.05) is 13.2 Å². The largest absolute Gasteiger partial charge is 0.480 e. The van der Waals surface area contributed by atoms with Gasteiger partial charge in [-0.2, -0.15) is 0 Å². The molecule has 1 saturated heterocycles. The highest BCUT2D eigenvalue weighted by molar-refractivity contribution is 5.74. The van der Waals surface area contributed by atoms with E-state index >= 15 is 0 Å². The Morgan fingerprint density at radius 3 is 3.18 bits per heavy atom. The lowest BCUT2D eigenvalue weighted by molar-refractivity contribution is -0.140. The fourth-order valence-corrected chi connectivity index (χ4v) is 2.66. The van der Waals surface area contributed by atoms with E-state index in [4.69, 9.17) is 9.84 Å². The van der Waals surface area contributed by atoms with Crippen LogP contribution in [0.5, 0.6) is 0 Å². The van der Waals surface area contributed by atoms with E-state index in [0.717, 1.165) is 24.4 Å². The van der Waals surface area contributed by atoms with Gasteiger partial charge in [0.15, 0.2) is 0 Å². The summed E-state index contributed by atoms with van der Waals surface area (Å²) in [5.74, 6) is -0.492. The van der Waals surface area contributed by atoms with Crippen molar-refractivity contribution in [3.05, 3.63) is 17.7 Å². The first kappa shape index (κ1) is 10.7. The Morgan fingerprint density at radius 2 is 2.47 bits per heavy atom. The Hall–Kier alpha value is -1.40. The number of H-pyrrole nitrogens is 1. The lowest BCUT2D eigenvalue weighted by Gasteiger charge is -2.31. The van der Waals surface area contributed by atoms with Gasteiger partial charge in [0.25, 0.3) is 0 Å². The molecule has 3 N–H and O–H groups in total. The molecule has 0 aliphatic carbocycles. The van der Waals surface area contributed by atoms with E-state index in [-0.39, 0.29) is 6.04 Å². The summed E-state index contributed by atoms with van der Waals surface area (Å²) in [6.45, 7) is 1.43. The number of nitrogens with one attached hydrogen (secondary N) is 2. The van der Waals surface area contributed by atoms with Gasteiger partial charge < -0.3 is 14.8 Å². The van der Waals surface area contributed by atoms with Crippen LogP contribution in [0, 0.1) is 5.92 Å². The topological polar surface area (TPSA) is 87.2 Å². The molecule has 17 heavy (non-hydrogen) atoms. The van der Waals surface area contributed by atoms with E-state index in [1.807, 2.05) is 0 Å². The third-order valence-electron chi connectivity index (χ3n) is 3.57. The highest BCUT2D eigenvalue weighted by Crippen LogP contribution is 2.32. The standard InChI is InChI=1S/C11H15N3O3/c15-11(16)8-3-7-10(13-5-12-7)9(14-8)6-1-2-17-4-6/h5-6,8-9,14H,1-4H2,(H,12,13)(H,15,16)/t6?,8-,9?/m1/s1. The first-order valence-electron chi connectivity index (χ1n) is 5.84. The predicted molar refractivity (Wildman–Crippen MR) is 58.5 cm³/mol. The van der Waals surface area contributed by atoms with Gasteiger partial charge in [0.05, 0.1) is 24.7 Å². The first-order chi connectivity index (χ1) is 8.25. The molecule has 1 aromatic heterocycles. The molecule has 0 bridgehead atoms. The molecule has 3 rings (SSSR count). The first-order valence-corrected chi connectivity index (χ1v) is 5.84. The van der Waals surface area contributed by atoms with Crippen molar-refractivity contribution in [2.24, 2.45) is 5.92 Å². The number of hydrogen-bond donors (Lipinski definition) is 3. The molecule has 6 heteroatoms. The smallest absolute Gasteiger partial charge is 0.321 e. The van der Waals surface area contributed by atoms with Gasteiger partial charge in [0, 0.05) is 24.6 Å². The maximum atomic E-state index is 11.1. The summed E-state index contributed by atoms with van der Waals surface area (Å²) < 4.78 is 5.37. The summed E-state index contributed by atoms with van der Waals surface area (Å²) in [5.41, 5.74) is 1.89. The molecule has 0 spiro atoms. The van der Waals surface area contributed by atoms with Crippen molar-refractivity contribution in [3.63, 3.8) is 0 Å². The summed E-state index contributed by atoms with van der Waals surface area (Å²) in [7, 11) is 0. The molecule has 0 amide bonds. The number of carbonyl (C=O) groups is 1. The van der Waals surface area contributed by atoms with Crippen LogP contribution >= 0.6 is 0 Å². The van der Waals surface area contributed by atoms with Crippen LogP contribution < -0.4 is 5.32 Å². The van der Waals surface area contributed by atoms with Crippen LogP contribution in [-0.2, 0) is 16.0 Å². The maximum Gasteiger partial charge on any atom is 0.321 e. The number of aliphatic carboxylic acids is 1. The number of imidazole rings is 1. The number of fused-ring (bicyclic) bond motifs is 1. The minimum Gasteiger partial charge on any atom is -0.480 e. The second kappa shape index (κ2) is 4.12. The number of hydrogen-bond acceptors (Lipinski definition) is 4. The zero-order valence-corrected chi connectivity index (χ0v) is 9.35. The lowest BCUT2D eigenvalue weighted by atomic mass is 9.89. The van der Waals surface area contributed by atoms with Crippen LogP contribution in [-0.4, -0.2) is 40.3 Å². The van der Waals surface area contributed by atoms with Gasteiger partial charge in [-0.1, -0.05) is 0 Å². The summed E-state index contributed by atoms with van der Waals surface area (Å²) in [4.78, 5) is 18.5. The molecule has 2 aliphatic rings. The molecule has 1 aromatic rings. The fraction of sp³-hybridized carbons (Fsp3) is 0.636. The van der Waals surface area contributed by atoms with Crippen molar-refractivity contribution in [1.82, 2.24) is 15.3 Å². The quantitative estimate of drug-likeness (QED) is 0.678. The average molecular weight is 237 g/mol. The van der Waals surface area contributed by atoms with E-state index in [1.54, 1.807) is 6.33 Å². The van der Waals surface area contributed by atoms with Gasteiger partial charge in [-0.05, 0) is 6.42 Å². The van der Waals surface area contributed by atoms with Gasteiger partial charge in [-0.15, -0.1) is 0 Å². The molecule has 0 aromatic carbocycles. The number of aromatic amines is 1. The molecule has 2 aliphatic heterocycles. The van der Waals surface area contributed by atoms with Gasteiger partial charge >= 0.3 is 5.97 Å². The van der Waals surface area contributed by atoms with E-state index in [9.17, 15) is 4.79 Å². The van der Waals surface area contributed by atoms with E-state index in [0.29, 0.717) is 18.9 Å². The average Bonchev–Trinajstić information content (AvgIpc) is 2.98. The summed E-state index contributed by atoms with van der Waals surface area (Å²) in [5, 5.41) is 12.3. The van der Waals surface area contributed by atoms with Crippen molar-refractivity contribution in [3.8, 4) is 0 Å². The molecule has 1 fully saturated rings. The highest BCUT2D eigenvalue weighted by atomic mass is 16.5. The van der Waals surface area contributed by atoms with Gasteiger partial charge in [-0.3, -0.25) is 10.1 Å². The van der Waals surface area contributed by atoms with Crippen LogP contribution in [0.4, 0.5) is 0 Å². The van der Waals surface area contributed by atoms with Gasteiger partial charge in [-0.25, -0.2) is 4.98 Å². The predicted octanol–water partition coefficient (Wildman–Crippen LogP) is 0.0862. The fourth-order valence-electron chi connectivity index (χ4n) is 2.66. The molecule has 3 atom stereocenters. The number of carboxylic acids is 1. The molecule has 92 valence electrons. The number of ether oxygens (including phenoxy) is 1. The number of carboxylic acid groups (broad SMARTS) is 1. The third kappa shape index (κ3) is 1.83. The Kier molecular flexibility index (Phi) is 2.60. The second-order valence-electron chi connectivity index (χ2n) is 4.63. The summed E-state index contributed by atoms with van der Waals surface area (Å²) in [6.07, 6.45) is 3.06. The minimum absolute atomic E-state index is 0.00593. The SMILES string of the molecule is O=C(O)[C@H]1Cc2[nH]cnc2C(C2CCOC2)N1. The van der Waals surface area contributed by atoms with Crippen molar-refractivity contribution < 1.29 is 14.6 Å². The normalized spacial score (nSPS) is 32.4. The molecule has 3 heterocycles. The third-order valence-corrected chi connectivity index (χ3v) is 3.57. The van der Waals surface area contributed by atoms with Gasteiger partial charge in [0.2, 0.25) is 0 Å². The number of nitrogens with zero attached hydrogens (tertiary/aromatic N) is 1. The zero-order valence-electron chi connectivity index (χ0n) is 9.35. The lowest BCUT2D eigenvalue weighted by Crippen LogP contribution is -2.47. The summed E-state index contributed by atoms with van der Waals surface area (Å²) >= 11 is 0. The monoisotopic (exact) mass is 237 g/mol. The molecule has 0 saturated carbocycles. The zero-order chi connectivity index (χ0) is 11.8. The molecule has 0 radical (unpaired) electrons. The minimum atomic E-state index is -0.811. The van der Waals surface area contributed by atoms with Crippen molar-refractivity contribution in [2.45, 2.75) is 24.9 Å². The van der Waals surface area contributed by atoms with Crippen LogP contribution in [0.3, 0.4) is 0 Å². The van der Waals surface area contributed by atoms with Crippen molar-refractivity contribution >= 4 is 5.97 Å². The second-order valence-corrected chi connectivity index (χ2v) is 4.63. The van der Waals surface area contributed by atoms with E-state index < -0.39 is 12.0 Å².